The number of likely N-dealkylation sites (tertiary alicyclic amines) is 1. The van der Waals surface area contributed by atoms with E-state index in [1.807, 2.05) is 0 Å². The minimum Gasteiger partial charge on any atom is -0.358 e. The molecule has 1 fully saturated rings. The van der Waals surface area contributed by atoms with Crippen LogP contribution in [0.4, 0.5) is 0 Å². The van der Waals surface area contributed by atoms with Crippen LogP contribution in [0.2, 0.25) is 0 Å². The van der Waals surface area contributed by atoms with E-state index in [2.05, 4.69) is 34.7 Å². The molecule has 0 radical (unpaired) electrons. The molecule has 4 heteroatoms. The Hall–Kier alpha value is -0.610. The molecule has 2 rings (SSSR count). The molecule has 88 valence electrons. The third-order valence-corrected chi connectivity index (χ3v) is 4.31. The molecule has 1 unspecified atom stereocenters. The highest BCUT2D eigenvalue weighted by molar-refractivity contribution is 7.80. The summed E-state index contributed by atoms with van der Waals surface area (Å²) in [5.74, 6) is 0. The van der Waals surface area contributed by atoms with Crippen LogP contribution in [0.15, 0.2) is 17.5 Å². The second kappa shape index (κ2) is 5.64. The SMILES string of the molecule is CC1CCCCN1C(=S)NCc1cccs1. The van der Waals surface area contributed by atoms with Crippen molar-refractivity contribution >= 4 is 28.7 Å². The van der Waals surface area contributed by atoms with E-state index in [0.717, 1.165) is 18.2 Å². The van der Waals surface area contributed by atoms with Gasteiger partial charge in [-0.15, -0.1) is 11.3 Å². The van der Waals surface area contributed by atoms with Crippen LogP contribution in [0, 0.1) is 0 Å². The van der Waals surface area contributed by atoms with Crippen molar-refractivity contribution in [2.24, 2.45) is 0 Å². The highest BCUT2D eigenvalue weighted by Gasteiger charge is 2.20. The zero-order chi connectivity index (χ0) is 11.4. The lowest BCUT2D eigenvalue weighted by Gasteiger charge is -2.35. The molecular formula is C12H18N2S2. The first-order chi connectivity index (χ1) is 7.77. The maximum Gasteiger partial charge on any atom is 0.169 e. The predicted molar refractivity (Wildman–Crippen MR) is 73.8 cm³/mol. The lowest BCUT2D eigenvalue weighted by molar-refractivity contribution is 0.255. The molecule has 0 saturated carbocycles. The Kier molecular flexibility index (Phi) is 4.18. The zero-order valence-electron chi connectivity index (χ0n) is 9.61. The number of nitrogens with one attached hydrogen (secondary N) is 1. The lowest BCUT2D eigenvalue weighted by atomic mass is 10.0. The van der Waals surface area contributed by atoms with Gasteiger partial charge in [0.1, 0.15) is 0 Å². The lowest BCUT2D eigenvalue weighted by Crippen LogP contribution is -2.46. The van der Waals surface area contributed by atoms with E-state index >= 15 is 0 Å². The Labute approximate surface area is 107 Å². The predicted octanol–water partition coefficient (Wildman–Crippen LogP) is 3.00. The van der Waals surface area contributed by atoms with Crippen molar-refractivity contribution in [3.8, 4) is 0 Å². The van der Waals surface area contributed by atoms with Gasteiger partial charge < -0.3 is 10.2 Å². The van der Waals surface area contributed by atoms with Gasteiger partial charge in [0.15, 0.2) is 5.11 Å². The molecular weight excluding hydrogens is 236 g/mol. The molecule has 1 aliphatic heterocycles. The Morgan fingerprint density at radius 2 is 2.50 bits per heavy atom. The van der Waals surface area contributed by atoms with Crippen LogP contribution in [-0.2, 0) is 6.54 Å². The number of thiophene rings is 1. The molecule has 1 aromatic rings. The van der Waals surface area contributed by atoms with Crippen molar-refractivity contribution in [3.63, 3.8) is 0 Å². The fraction of sp³-hybridized carbons (Fsp3) is 0.583. The summed E-state index contributed by atoms with van der Waals surface area (Å²) in [5.41, 5.74) is 0. The molecule has 0 aromatic carbocycles. The molecule has 0 amide bonds. The average Bonchev–Trinajstić information content (AvgIpc) is 2.79. The molecule has 2 heterocycles. The van der Waals surface area contributed by atoms with Gasteiger partial charge in [0.25, 0.3) is 0 Å². The molecule has 0 bridgehead atoms. The number of rotatable bonds is 2. The van der Waals surface area contributed by atoms with E-state index in [9.17, 15) is 0 Å². The van der Waals surface area contributed by atoms with Gasteiger partial charge in [-0.25, -0.2) is 0 Å². The van der Waals surface area contributed by atoms with Crippen molar-refractivity contribution in [1.82, 2.24) is 10.2 Å². The molecule has 2 nitrogen and oxygen atoms in total. The van der Waals surface area contributed by atoms with Gasteiger partial charge in [0.2, 0.25) is 0 Å². The van der Waals surface area contributed by atoms with Crippen LogP contribution in [0.3, 0.4) is 0 Å². The summed E-state index contributed by atoms with van der Waals surface area (Å²) >= 11 is 7.22. The molecule has 1 N–H and O–H groups in total. The summed E-state index contributed by atoms with van der Waals surface area (Å²) in [6.45, 7) is 4.23. The molecule has 1 saturated heterocycles. The van der Waals surface area contributed by atoms with E-state index in [1.165, 1.54) is 24.1 Å². The second-order valence-electron chi connectivity index (χ2n) is 4.28. The Balaban J connectivity index is 1.83. The number of hydrogen-bond acceptors (Lipinski definition) is 2. The van der Waals surface area contributed by atoms with Crippen LogP contribution < -0.4 is 5.32 Å². The smallest absolute Gasteiger partial charge is 0.169 e. The van der Waals surface area contributed by atoms with E-state index in [1.54, 1.807) is 11.3 Å². The molecule has 1 aliphatic rings. The average molecular weight is 254 g/mol. The first-order valence-electron chi connectivity index (χ1n) is 5.84. The van der Waals surface area contributed by atoms with E-state index in [4.69, 9.17) is 12.2 Å². The number of hydrogen-bond donors (Lipinski definition) is 1. The normalized spacial score (nSPS) is 20.8. The van der Waals surface area contributed by atoms with Crippen molar-refractivity contribution in [2.45, 2.75) is 38.8 Å². The quantitative estimate of drug-likeness (QED) is 0.817. The molecule has 16 heavy (non-hydrogen) atoms. The summed E-state index contributed by atoms with van der Waals surface area (Å²) in [6.07, 6.45) is 3.87. The molecule has 0 aliphatic carbocycles. The van der Waals surface area contributed by atoms with Crippen LogP contribution in [0.25, 0.3) is 0 Å². The fourth-order valence-corrected chi connectivity index (χ4v) is 3.07. The molecule has 0 spiro atoms. The number of thiocarbonyl (C=S) groups is 1. The van der Waals surface area contributed by atoms with E-state index < -0.39 is 0 Å². The van der Waals surface area contributed by atoms with Crippen molar-refractivity contribution in [2.75, 3.05) is 6.54 Å². The van der Waals surface area contributed by atoms with Gasteiger partial charge in [-0.3, -0.25) is 0 Å². The monoisotopic (exact) mass is 254 g/mol. The van der Waals surface area contributed by atoms with Crippen molar-refractivity contribution < 1.29 is 0 Å². The molecule has 1 atom stereocenters. The van der Waals surface area contributed by atoms with Gasteiger partial charge in [-0.1, -0.05) is 6.07 Å². The van der Waals surface area contributed by atoms with Crippen molar-refractivity contribution in [3.05, 3.63) is 22.4 Å². The highest BCUT2D eigenvalue weighted by Crippen LogP contribution is 2.16. The second-order valence-corrected chi connectivity index (χ2v) is 5.70. The maximum atomic E-state index is 5.44. The largest absolute Gasteiger partial charge is 0.358 e. The van der Waals surface area contributed by atoms with Gasteiger partial charge in [-0.2, -0.15) is 0 Å². The van der Waals surface area contributed by atoms with Crippen LogP contribution in [-0.4, -0.2) is 22.6 Å². The Morgan fingerprint density at radius 3 is 3.19 bits per heavy atom. The Bertz CT molecular complexity index is 335. The first-order valence-corrected chi connectivity index (χ1v) is 7.13. The minimum atomic E-state index is 0.595. The minimum absolute atomic E-state index is 0.595. The zero-order valence-corrected chi connectivity index (χ0v) is 11.2. The maximum absolute atomic E-state index is 5.44. The summed E-state index contributed by atoms with van der Waals surface area (Å²) in [6, 6.07) is 4.81. The van der Waals surface area contributed by atoms with Crippen LogP contribution >= 0.6 is 23.6 Å². The highest BCUT2D eigenvalue weighted by atomic mass is 32.1. The summed E-state index contributed by atoms with van der Waals surface area (Å²) in [4.78, 5) is 3.67. The Morgan fingerprint density at radius 1 is 1.62 bits per heavy atom. The topological polar surface area (TPSA) is 15.3 Å². The first kappa shape index (κ1) is 11.9. The van der Waals surface area contributed by atoms with Crippen molar-refractivity contribution in [1.29, 1.82) is 0 Å². The third kappa shape index (κ3) is 2.95. The van der Waals surface area contributed by atoms with Crippen LogP contribution in [0.1, 0.15) is 31.1 Å². The number of nitrogens with zero attached hydrogens (tertiary/aromatic N) is 1. The summed E-state index contributed by atoms with van der Waals surface area (Å²) in [7, 11) is 0. The van der Waals surface area contributed by atoms with Crippen LogP contribution in [0.5, 0.6) is 0 Å². The number of piperidine rings is 1. The molecule has 1 aromatic heterocycles. The van der Waals surface area contributed by atoms with Gasteiger partial charge in [0, 0.05) is 17.5 Å². The third-order valence-electron chi connectivity index (χ3n) is 3.06. The van der Waals surface area contributed by atoms with Gasteiger partial charge >= 0.3 is 0 Å². The fourth-order valence-electron chi connectivity index (χ4n) is 2.08. The standard InChI is InChI=1S/C12H18N2S2/c1-10-5-2-3-7-14(10)12(15)13-9-11-6-4-8-16-11/h4,6,8,10H,2-3,5,7,9H2,1H3,(H,13,15). The summed E-state index contributed by atoms with van der Waals surface area (Å²) in [5, 5.41) is 6.37. The van der Waals surface area contributed by atoms with E-state index in [-0.39, 0.29) is 0 Å². The summed E-state index contributed by atoms with van der Waals surface area (Å²) < 4.78 is 0. The van der Waals surface area contributed by atoms with Gasteiger partial charge in [-0.05, 0) is 49.9 Å². The van der Waals surface area contributed by atoms with Gasteiger partial charge in [0.05, 0.1) is 6.54 Å². The van der Waals surface area contributed by atoms with E-state index in [0.29, 0.717) is 6.04 Å².